The van der Waals surface area contributed by atoms with Gasteiger partial charge in [0.15, 0.2) is 0 Å². The predicted molar refractivity (Wildman–Crippen MR) is 91.5 cm³/mol. The molecule has 3 nitrogen and oxygen atoms in total. The molecule has 23 heavy (non-hydrogen) atoms. The third-order valence-electron chi connectivity index (χ3n) is 3.62. The number of rotatable bonds is 3. The number of hydrogen-bond donors (Lipinski definition) is 0. The molecule has 0 fully saturated rings. The Kier molecular flexibility index (Phi) is 3.45. The monoisotopic (exact) mass is 298 g/mol. The van der Waals surface area contributed by atoms with Crippen molar-refractivity contribution in [2.75, 3.05) is 0 Å². The molecule has 0 aliphatic heterocycles. The fourth-order valence-electron chi connectivity index (χ4n) is 2.52. The first-order chi connectivity index (χ1) is 11.4. The summed E-state index contributed by atoms with van der Waals surface area (Å²) < 4.78 is 6.03. The van der Waals surface area contributed by atoms with Gasteiger partial charge in [0.1, 0.15) is 5.75 Å². The molecule has 0 bridgehead atoms. The normalized spacial score (nSPS) is 10.6. The minimum absolute atomic E-state index is 0.564. The summed E-state index contributed by atoms with van der Waals surface area (Å²) in [6.45, 7) is 0. The summed E-state index contributed by atoms with van der Waals surface area (Å²) in [5, 5.41) is 0. The zero-order valence-corrected chi connectivity index (χ0v) is 12.4. The van der Waals surface area contributed by atoms with Crippen LogP contribution in [0.15, 0.2) is 85.1 Å². The van der Waals surface area contributed by atoms with Gasteiger partial charge in [0.25, 0.3) is 0 Å². The Morgan fingerprint density at radius 1 is 0.652 bits per heavy atom. The molecule has 0 saturated heterocycles. The van der Waals surface area contributed by atoms with Crippen molar-refractivity contribution >= 4 is 11.0 Å². The van der Waals surface area contributed by atoms with E-state index in [-0.39, 0.29) is 0 Å². The van der Waals surface area contributed by atoms with Crippen molar-refractivity contribution in [3.05, 3.63) is 85.1 Å². The molecule has 4 aromatic rings. The quantitative estimate of drug-likeness (QED) is 0.528. The van der Waals surface area contributed by atoms with Crippen LogP contribution in [0.2, 0.25) is 0 Å². The fourth-order valence-corrected chi connectivity index (χ4v) is 2.52. The number of hydrogen-bond acceptors (Lipinski definition) is 3. The Bertz CT molecular complexity index is 952. The van der Waals surface area contributed by atoms with E-state index in [9.17, 15) is 0 Å². The zero-order valence-electron chi connectivity index (χ0n) is 12.4. The summed E-state index contributed by atoms with van der Waals surface area (Å²) in [7, 11) is 0. The van der Waals surface area contributed by atoms with E-state index in [1.165, 1.54) is 0 Å². The third kappa shape index (κ3) is 2.77. The van der Waals surface area contributed by atoms with Gasteiger partial charge in [0.05, 0.1) is 11.0 Å². The molecule has 0 aliphatic carbocycles. The highest BCUT2D eigenvalue weighted by molar-refractivity contribution is 5.75. The van der Waals surface area contributed by atoms with Crippen LogP contribution in [-0.2, 0) is 0 Å². The first-order valence-electron chi connectivity index (χ1n) is 7.44. The van der Waals surface area contributed by atoms with E-state index in [2.05, 4.69) is 22.1 Å². The first kappa shape index (κ1) is 13.5. The van der Waals surface area contributed by atoms with Gasteiger partial charge < -0.3 is 4.74 Å². The summed E-state index contributed by atoms with van der Waals surface area (Å²) in [5.74, 6) is 1.35. The van der Waals surface area contributed by atoms with Crippen LogP contribution in [-0.4, -0.2) is 9.97 Å². The predicted octanol–water partition coefficient (Wildman–Crippen LogP) is 5.09. The van der Waals surface area contributed by atoms with E-state index in [0.29, 0.717) is 5.88 Å². The summed E-state index contributed by atoms with van der Waals surface area (Å²) in [6.07, 6.45) is 1.76. The Hall–Kier alpha value is -3.20. The SMILES string of the molecule is c1ccc(-c2ccccc2Oc2ccc3ncccc3n2)cc1. The van der Waals surface area contributed by atoms with Crippen molar-refractivity contribution in [1.82, 2.24) is 9.97 Å². The molecule has 2 aromatic heterocycles. The molecule has 0 N–H and O–H groups in total. The molecule has 0 aliphatic rings. The number of aromatic nitrogens is 2. The summed E-state index contributed by atoms with van der Waals surface area (Å²) >= 11 is 0. The second kappa shape index (κ2) is 5.89. The van der Waals surface area contributed by atoms with Gasteiger partial charge in [0.2, 0.25) is 5.88 Å². The van der Waals surface area contributed by atoms with E-state index >= 15 is 0 Å². The van der Waals surface area contributed by atoms with Crippen molar-refractivity contribution in [1.29, 1.82) is 0 Å². The highest BCUT2D eigenvalue weighted by Gasteiger charge is 2.08. The van der Waals surface area contributed by atoms with Gasteiger partial charge in [-0.05, 0) is 29.8 Å². The Balaban J connectivity index is 1.73. The van der Waals surface area contributed by atoms with Crippen LogP contribution < -0.4 is 4.74 Å². The number of para-hydroxylation sites is 1. The van der Waals surface area contributed by atoms with E-state index in [1.807, 2.05) is 66.7 Å². The molecule has 110 valence electrons. The largest absolute Gasteiger partial charge is 0.438 e. The number of pyridine rings is 2. The minimum Gasteiger partial charge on any atom is -0.438 e. The lowest BCUT2D eigenvalue weighted by atomic mass is 10.1. The van der Waals surface area contributed by atoms with E-state index in [4.69, 9.17) is 4.74 Å². The number of benzene rings is 2. The Morgan fingerprint density at radius 3 is 2.39 bits per heavy atom. The molecule has 2 aromatic carbocycles. The van der Waals surface area contributed by atoms with Gasteiger partial charge in [-0.15, -0.1) is 0 Å². The second-order valence-corrected chi connectivity index (χ2v) is 5.16. The third-order valence-corrected chi connectivity index (χ3v) is 3.62. The topological polar surface area (TPSA) is 35.0 Å². The van der Waals surface area contributed by atoms with Crippen molar-refractivity contribution in [2.24, 2.45) is 0 Å². The average Bonchev–Trinajstić information content (AvgIpc) is 2.63. The van der Waals surface area contributed by atoms with Crippen LogP contribution in [0.5, 0.6) is 11.6 Å². The minimum atomic E-state index is 0.564. The zero-order chi connectivity index (χ0) is 15.5. The maximum Gasteiger partial charge on any atom is 0.219 e. The van der Waals surface area contributed by atoms with Crippen molar-refractivity contribution < 1.29 is 4.74 Å². The summed E-state index contributed by atoms with van der Waals surface area (Å²) in [4.78, 5) is 8.80. The second-order valence-electron chi connectivity index (χ2n) is 5.16. The lowest BCUT2D eigenvalue weighted by Gasteiger charge is -2.11. The molecule has 0 spiro atoms. The van der Waals surface area contributed by atoms with Crippen molar-refractivity contribution in [3.8, 4) is 22.8 Å². The lowest BCUT2D eigenvalue weighted by molar-refractivity contribution is 0.467. The molecule has 0 atom stereocenters. The number of fused-ring (bicyclic) bond motifs is 1. The highest BCUT2D eigenvalue weighted by atomic mass is 16.5. The van der Waals surface area contributed by atoms with Gasteiger partial charge in [-0.1, -0.05) is 48.5 Å². The molecule has 3 heteroatoms. The van der Waals surface area contributed by atoms with E-state index in [1.54, 1.807) is 6.20 Å². The van der Waals surface area contributed by atoms with Gasteiger partial charge in [-0.25, -0.2) is 4.98 Å². The van der Waals surface area contributed by atoms with Crippen molar-refractivity contribution in [2.45, 2.75) is 0 Å². The van der Waals surface area contributed by atoms with Crippen LogP contribution >= 0.6 is 0 Å². The van der Waals surface area contributed by atoms with Crippen LogP contribution in [0.1, 0.15) is 0 Å². The highest BCUT2D eigenvalue weighted by Crippen LogP contribution is 2.32. The maximum absolute atomic E-state index is 6.03. The number of nitrogens with zero attached hydrogens (tertiary/aromatic N) is 2. The first-order valence-corrected chi connectivity index (χ1v) is 7.44. The smallest absolute Gasteiger partial charge is 0.219 e. The molecule has 2 heterocycles. The molecular formula is C20H14N2O. The summed E-state index contributed by atoms with van der Waals surface area (Å²) in [5.41, 5.74) is 3.84. The van der Waals surface area contributed by atoms with Crippen LogP contribution in [0.25, 0.3) is 22.2 Å². The average molecular weight is 298 g/mol. The van der Waals surface area contributed by atoms with Gasteiger partial charge in [-0.2, -0.15) is 0 Å². The lowest BCUT2D eigenvalue weighted by Crippen LogP contribution is -1.91. The molecular weight excluding hydrogens is 284 g/mol. The molecule has 0 radical (unpaired) electrons. The number of ether oxygens (including phenoxy) is 1. The standard InChI is InChI=1S/C20H14N2O/c1-2-7-15(8-3-1)16-9-4-5-11-19(16)23-20-13-12-17-18(22-20)10-6-14-21-17/h1-14H. The molecule has 0 unspecified atom stereocenters. The van der Waals surface area contributed by atoms with Crippen molar-refractivity contribution in [3.63, 3.8) is 0 Å². The van der Waals surface area contributed by atoms with Gasteiger partial charge >= 0.3 is 0 Å². The molecule has 0 amide bonds. The maximum atomic E-state index is 6.03. The molecule has 4 rings (SSSR count). The van der Waals surface area contributed by atoms with Crippen LogP contribution in [0.4, 0.5) is 0 Å². The fraction of sp³-hybridized carbons (Fsp3) is 0. The Labute approximate surface area is 134 Å². The van der Waals surface area contributed by atoms with E-state index in [0.717, 1.165) is 27.9 Å². The van der Waals surface area contributed by atoms with Crippen LogP contribution in [0.3, 0.4) is 0 Å². The van der Waals surface area contributed by atoms with Gasteiger partial charge in [0, 0.05) is 17.8 Å². The van der Waals surface area contributed by atoms with Gasteiger partial charge in [-0.3, -0.25) is 4.98 Å². The molecule has 0 saturated carbocycles. The Morgan fingerprint density at radius 2 is 1.48 bits per heavy atom. The summed E-state index contributed by atoms with van der Waals surface area (Å²) in [6, 6.07) is 25.7. The van der Waals surface area contributed by atoms with E-state index < -0.39 is 0 Å². The van der Waals surface area contributed by atoms with Crippen LogP contribution in [0, 0.1) is 0 Å².